The number of ketones is 2. The summed E-state index contributed by atoms with van der Waals surface area (Å²) in [7, 11) is 0. The van der Waals surface area contributed by atoms with Crippen molar-refractivity contribution in [3.63, 3.8) is 0 Å². The molecule has 1 aliphatic heterocycles. The van der Waals surface area contributed by atoms with Crippen molar-refractivity contribution in [1.29, 1.82) is 0 Å². The quantitative estimate of drug-likeness (QED) is 0.671. The second kappa shape index (κ2) is 13.3. The standard InChI is InChI=1S/C4H8O2.C4H8O.C3H6O/c1-2-6-4-3-5-1;1-3-4(2)5;1-3(2)4/h1-4H2;3H2,1-2H3;1-2H3. The molecule has 0 aromatic carbocycles. The lowest BCUT2D eigenvalue weighted by molar-refractivity contribution is -0.117. The summed E-state index contributed by atoms with van der Waals surface area (Å²) in [6, 6.07) is 0. The molecule has 1 rings (SSSR count). The number of carbonyl (C=O) groups is 2. The fourth-order valence-electron chi connectivity index (χ4n) is 0.440. The Morgan fingerprint density at radius 1 is 0.933 bits per heavy atom. The van der Waals surface area contributed by atoms with Gasteiger partial charge in [0.15, 0.2) is 0 Å². The minimum Gasteiger partial charge on any atom is -0.377 e. The van der Waals surface area contributed by atoms with Gasteiger partial charge in [0.2, 0.25) is 0 Å². The molecule has 0 aromatic rings. The van der Waals surface area contributed by atoms with Crippen molar-refractivity contribution in [3.05, 3.63) is 0 Å². The van der Waals surface area contributed by atoms with Crippen molar-refractivity contribution in [1.82, 2.24) is 0 Å². The normalized spacial score (nSPS) is 13.9. The van der Waals surface area contributed by atoms with Gasteiger partial charge in [-0.3, -0.25) is 0 Å². The summed E-state index contributed by atoms with van der Waals surface area (Å²) in [4.78, 5) is 19.3. The van der Waals surface area contributed by atoms with Gasteiger partial charge < -0.3 is 19.1 Å². The van der Waals surface area contributed by atoms with Gasteiger partial charge in [-0.05, 0) is 20.8 Å². The van der Waals surface area contributed by atoms with Gasteiger partial charge in [-0.1, -0.05) is 6.92 Å². The zero-order valence-corrected chi connectivity index (χ0v) is 10.2. The molecular weight excluding hydrogens is 196 g/mol. The first-order chi connectivity index (χ1) is 7.00. The van der Waals surface area contributed by atoms with Crippen LogP contribution < -0.4 is 0 Å². The first kappa shape index (κ1) is 16.7. The number of Topliss-reactive ketones (excluding diaryl/α,β-unsaturated/α-hetero) is 2. The van der Waals surface area contributed by atoms with E-state index < -0.39 is 0 Å². The molecule has 4 heteroatoms. The molecular formula is C11H22O4. The molecule has 0 unspecified atom stereocenters. The smallest absolute Gasteiger partial charge is 0.129 e. The Morgan fingerprint density at radius 2 is 1.13 bits per heavy atom. The van der Waals surface area contributed by atoms with E-state index in [4.69, 9.17) is 9.47 Å². The topological polar surface area (TPSA) is 52.6 Å². The van der Waals surface area contributed by atoms with Gasteiger partial charge in [-0.2, -0.15) is 0 Å². The van der Waals surface area contributed by atoms with E-state index in [1.54, 1.807) is 6.92 Å². The average Bonchev–Trinajstić information content (AvgIpc) is 2.20. The van der Waals surface area contributed by atoms with Crippen molar-refractivity contribution >= 4 is 11.6 Å². The molecule has 0 amide bonds. The Morgan fingerprint density at radius 3 is 1.20 bits per heavy atom. The first-order valence-electron chi connectivity index (χ1n) is 5.12. The molecule has 0 bridgehead atoms. The SMILES string of the molecule is C1COCCO1.CC(C)=O.CCC(C)=O. The molecule has 1 heterocycles. The van der Waals surface area contributed by atoms with Crippen LogP contribution in [-0.2, 0) is 19.1 Å². The van der Waals surface area contributed by atoms with E-state index in [9.17, 15) is 9.59 Å². The van der Waals surface area contributed by atoms with E-state index in [2.05, 4.69) is 0 Å². The van der Waals surface area contributed by atoms with E-state index >= 15 is 0 Å². The number of rotatable bonds is 1. The van der Waals surface area contributed by atoms with Crippen LogP contribution in [0.3, 0.4) is 0 Å². The highest BCUT2D eigenvalue weighted by atomic mass is 16.6. The van der Waals surface area contributed by atoms with Gasteiger partial charge in [-0.25, -0.2) is 0 Å². The van der Waals surface area contributed by atoms with Gasteiger partial charge in [0.1, 0.15) is 11.6 Å². The number of carbonyl (C=O) groups excluding carboxylic acids is 2. The molecule has 1 fully saturated rings. The largest absolute Gasteiger partial charge is 0.377 e. The van der Waals surface area contributed by atoms with Gasteiger partial charge in [0, 0.05) is 6.42 Å². The summed E-state index contributed by atoms with van der Waals surface area (Å²) < 4.78 is 9.89. The lowest BCUT2D eigenvalue weighted by Crippen LogP contribution is -2.16. The predicted octanol–water partition coefficient (Wildman–Crippen LogP) is 1.61. The number of hydrogen-bond donors (Lipinski definition) is 0. The maximum Gasteiger partial charge on any atom is 0.129 e. The van der Waals surface area contributed by atoms with E-state index in [0.29, 0.717) is 6.42 Å². The molecule has 1 aliphatic rings. The van der Waals surface area contributed by atoms with Crippen LogP contribution in [0.25, 0.3) is 0 Å². The second-order valence-electron chi connectivity index (χ2n) is 3.19. The van der Waals surface area contributed by atoms with Crippen LogP contribution in [0.1, 0.15) is 34.1 Å². The fraction of sp³-hybridized carbons (Fsp3) is 0.818. The molecule has 15 heavy (non-hydrogen) atoms. The molecule has 0 radical (unpaired) electrons. The highest BCUT2D eigenvalue weighted by molar-refractivity contribution is 5.74. The van der Waals surface area contributed by atoms with Crippen molar-refractivity contribution in [2.75, 3.05) is 26.4 Å². The molecule has 0 saturated carbocycles. The lowest BCUT2D eigenvalue weighted by atomic mass is 10.4. The molecule has 0 atom stereocenters. The Hall–Kier alpha value is -0.740. The average molecular weight is 218 g/mol. The summed E-state index contributed by atoms with van der Waals surface area (Å²) in [6.07, 6.45) is 0.667. The monoisotopic (exact) mass is 218 g/mol. The van der Waals surface area contributed by atoms with E-state index in [-0.39, 0.29) is 11.6 Å². The molecule has 0 aromatic heterocycles. The Labute approximate surface area is 91.9 Å². The Balaban J connectivity index is 0. The maximum atomic E-state index is 9.81. The molecule has 0 spiro atoms. The van der Waals surface area contributed by atoms with Crippen LogP contribution in [0, 0.1) is 0 Å². The van der Waals surface area contributed by atoms with Gasteiger partial charge in [-0.15, -0.1) is 0 Å². The molecule has 0 N–H and O–H groups in total. The third kappa shape index (κ3) is 31.9. The van der Waals surface area contributed by atoms with Crippen LogP contribution in [0.2, 0.25) is 0 Å². The van der Waals surface area contributed by atoms with E-state index in [1.807, 2.05) is 6.92 Å². The summed E-state index contributed by atoms with van der Waals surface area (Å²) >= 11 is 0. The minimum absolute atomic E-state index is 0.167. The van der Waals surface area contributed by atoms with E-state index in [0.717, 1.165) is 26.4 Å². The van der Waals surface area contributed by atoms with E-state index in [1.165, 1.54) is 13.8 Å². The molecule has 4 nitrogen and oxygen atoms in total. The third-order valence-electron chi connectivity index (χ3n) is 1.24. The summed E-state index contributed by atoms with van der Waals surface area (Å²) in [5, 5.41) is 0. The van der Waals surface area contributed by atoms with Crippen LogP contribution in [0.4, 0.5) is 0 Å². The molecule has 90 valence electrons. The van der Waals surface area contributed by atoms with Gasteiger partial charge in [0.25, 0.3) is 0 Å². The third-order valence-corrected chi connectivity index (χ3v) is 1.24. The lowest BCUT2D eigenvalue weighted by Gasteiger charge is -2.09. The Kier molecular flexibility index (Phi) is 14.7. The highest BCUT2D eigenvalue weighted by Gasteiger charge is 1.94. The predicted molar refractivity (Wildman–Crippen MR) is 59.0 cm³/mol. The van der Waals surface area contributed by atoms with Crippen molar-refractivity contribution in [2.24, 2.45) is 0 Å². The fourth-order valence-corrected chi connectivity index (χ4v) is 0.440. The van der Waals surface area contributed by atoms with Crippen molar-refractivity contribution in [2.45, 2.75) is 34.1 Å². The van der Waals surface area contributed by atoms with Crippen LogP contribution in [-0.4, -0.2) is 38.0 Å². The van der Waals surface area contributed by atoms with Gasteiger partial charge >= 0.3 is 0 Å². The van der Waals surface area contributed by atoms with Crippen molar-refractivity contribution in [3.8, 4) is 0 Å². The molecule has 1 saturated heterocycles. The summed E-state index contributed by atoms with van der Waals surface area (Å²) in [6.45, 7) is 9.60. The van der Waals surface area contributed by atoms with Crippen LogP contribution >= 0.6 is 0 Å². The van der Waals surface area contributed by atoms with Crippen LogP contribution in [0.15, 0.2) is 0 Å². The zero-order valence-electron chi connectivity index (χ0n) is 10.2. The van der Waals surface area contributed by atoms with Crippen LogP contribution in [0.5, 0.6) is 0 Å². The highest BCUT2D eigenvalue weighted by Crippen LogP contribution is 1.85. The Bertz CT molecular complexity index is 146. The molecule has 0 aliphatic carbocycles. The maximum absolute atomic E-state index is 9.81. The van der Waals surface area contributed by atoms with Gasteiger partial charge in [0.05, 0.1) is 26.4 Å². The van der Waals surface area contributed by atoms with Crippen molar-refractivity contribution < 1.29 is 19.1 Å². The summed E-state index contributed by atoms with van der Waals surface area (Å²) in [5.74, 6) is 0.421. The summed E-state index contributed by atoms with van der Waals surface area (Å²) in [5.41, 5.74) is 0. The number of ether oxygens (including phenoxy) is 2. The number of hydrogen-bond acceptors (Lipinski definition) is 4. The second-order valence-corrected chi connectivity index (χ2v) is 3.19. The minimum atomic E-state index is 0.167. The first-order valence-corrected chi connectivity index (χ1v) is 5.12. The zero-order chi connectivity index (χ0) is 12.1.